The van der Waals surface area contributed by atoms with Gasteiger partial charge in [0.1, 0.15) is 5.03 Å². The van der Waals surface area contributed by atoms with Crippen molar-refractivity contribution < 1.29 is 9.21 Å². The molecule has 0 fully saturated rings. The first kappa shape index (κ1) is 18.0. The van der Waals surface area contributed by atoms with E-state index in [0.717, 1.165) is 16.8 Å². The van der Waals surface area contributed by atoms with Crippen LogP contribution < -0.4 is 5.32 Å². The maximum atomic E-state index is 11.9. The van der Waals surface area contributed by atoms with Crippen LogP contribution in [-0.2, 0) is 4.79 Å². The average Bonchev–Trinajstić information content (AvgIpc) is 3.26. The molecule has 0 aliphatic carbocycles. The number of aromatic nitrogens is 2. The van der Waals surface area contributed by atoms with E-state index in [-0.39, 0.29) is 11.7 Å². The molecule has 0 bridgehead atoms. The van der Waals surface area contributed by atoms with E-state index in [1.165, 1.54) is 23.6 Å². The normalized spacial score (nSPS) is 10.6. The van der Waals surface area contributed by atoms with Crippen LogP contribution >= 0.6 is 11.8 Å². The van der Waals surface area contributed by atoms with Gasteiger partial charge in [0.2, 0.25) is 5.91 Å². The van der Waals surface area contributed by atoms with Crippen molar-refractivity contribution in [2.45, 2.75) is 5.03 Å². The molecule has 0 atom stereocenters. The minimum atomic E-state index is -0.151. The van der Waals surface area contributed by atoms with Crippen LogP contribution in [0.2, 0.25) is 0 Å². The minimum Gasteiger partial charge on any atom is -0.449 e. The van der Waals surface area contributed by atoms with Gasteiger partial charge in [-0.05, 0) is 29.3 Å². The van der Waals surface area contributed by atoms with Crippen molar-refractivity contribution in [2.75, 3.05) is 11.1 Å². The number of thioether (sulfide) groups is 1. The van der Waals surface area contributed by atoms with Gasteiger partial charge < -0.3 is 4.42 Å². The first-order valence-corrected chi connectivity index (χ1v) is 9.72. The van der Waals surface area contributed by atoms with Crippen molar-refractivity contribution in [3.05, 3.63) is 85.1 Å². The third kappa shape index (κ3) is 4.47. The van der Waals surface area contributed by atoms with E-state index in [0.29, 0.717) is 10.9 Å². The third-order valence-electron chi connectivity index (χ3n) is 4.06. The number of nitrogens with one attached hydrogen (secondary N) is 1. The molecule has 6 heteroatoms. The van der Waals surface area contributed by atoms with E-state index >= 15 is 0 Å². The zero-order valence-electron chi connectivity index (χ0n) is 14.9. The Labute approximate surface area is 166 Å². The molecule has 1 amide bonds. The van der Waals surface area contributed by atoms with Crippen molar-refractivity contribution in [2.24, 2.45) is 0 Å². The lowest BCUT2D eigenvalue weighted by atomic mass is 10.0. The second kappa shape index (κ2) is 8.54. The lowest BCUT2D eigenvalue weighted by molar-refractivity contribution is -0.113. The predicted molar refractivity (Wildman–Crippen MR) is 111 cm³/mol. The summed E-state index contributed by atoms with van der Waals surface area (Å²) < 4.78 is 5.09. The topological polar surface area (TPSA) is 68.0 Å². The van der Waals surface area contributed by atoms with Crippen LogP contribution in [0.5, 0.6) is 0 Å². The molecule has 2 aromatic heterocycles. The van der Waals surface area contributed by atoms with Gasteiger partial charge in [-0.3, -0.25) is 10.1 Å². The molecular formula is C22H17N3O2S. The fourth-order valence-corrected chi connectivity index (χ4v) is 3.29. The molecule has 1 N–H and O–H groups in total. The van der Waals surface area contributed by atoms with Crippen LogP contribution in [0, 0.1) is 0 Å². The van der Waals surface area contributed by atoms with Crippen molar-refractivity contribution in [3.8, 4) is 22.4 Å². The number of hydrogen-bond donors (Lipinski definition) is 1. The zero-order valence-corrected chi connectivity index (χ0v) is 15.7. The summed E-state index contributed by atoms with van der Waals surface area (Å²) in [7, 11) is 0. The van der Waals surface area contributed by atoms with Gasteiger partial charge in [-0.25, -0.2) is 0 Å². The first-order chi connectivity index (χ1) is 13.8. The summed E-state index contributed by atoms with van der Waals surface area (Å²) in [5.74, 6) is 0.522. The Bertz CT molecular complexity index is 1030. The lowest BCUT2D eigenvalue weighted by Gasteiger charge is -2.05. The number of amides is 1. The highest BCUT2D eigenvalue weighted by Gasteiger charge is 2.07. The second-order valence-electron chi connectivity index (χ2n) is 6.01. The fourth-order valence-electron chi connectivity index (χ4n) is 2.68. The summed E-state index contributed by atoms with van der Waals surface area (Å²) in [6.45, 7) is 0. The van der Waals surface area contributed by atoms with E-state index in [1.807, 2.05) is 42.5 Å². The van der Waals surface area contributed by atoms with Crippen molar-refractivity contribution in [1.29, 1.82) is 0 Å². The smallest absolute Gasteiger partial charge is 0.237 e. The Kier molecular flexibility index (Phi) is 5.49. The molecule has 4 rings (SSSR count). The van der Waals surface area contributed by atoms with E-state index in [1.54, 1.807) is 12.1 Å². The highest BCUT2D eigenvalue weighted by molar-refractivity contribution is 7.99. The van der Waals surface area contributed by atoms with Crippen LogP contribution in [-0.4, -0.2) is 21.9 Å². The number of furan rings is 1. The highest BCUT2D eigenvalue weighted by Crippen LogP contribution is 2.24. The second-order valence-corrected chi connectivity index (χ2v) is 7.01. The summed E-state index contributed by atoms with van der Waals surface area (Å²) in [5, 5.41) is 11.9. The lowest BCUT2D eigenvalue weighted by Crippen LogP contribution is -2.13. The van der Waals surface area contributed by atoms with Crippen LogP contribution in [0.3, 0.4) is 0 Å². The highest BCUT2D eigenvalue weighted by atomic mass is 32.2. The molecule has 138 valence electrons. The number of nitrogens with zero attached hydrogens (tertiary/aromatic N) is 2. The average molecular weight is 387 g/mol. The number of hydrogen-bond acceptors (Lipinski definition) is 5. The number of carbonyl (C=O) groups excluding carboxylic acids is 1. The molecule has 2 aromatic carbocycles. The molecule has 0 saturated carbocycles. The van der Waals surface area contributed by atoms with Gasteiger partial charge in [0.25, 0.3) is 0 Å². The SMILES string of the molecule is O=C(CSc1ccc(-c2ccc(-c3ccccc3)cc2)nn1)Nc1ccco1. The molecule has 0 radical (unpaired) electrons. The van der Waals surface area contributed by atoms with E-state index in [4.69, 9.17) is 4.42 Å². The number of benzene rings is 2. The molecule has 2 heterocycles. The van der Waals surface area contributed by atoms with Crippen LogP contribution in [0.1, 0.15) is 0 Å². The minimum absolute atomic E-state index is 0.151. The largest absolute Gasteiger partial charge is 0.449 e. The monoisotopic (exact) mass is 387 g/mol. The molecule has 0 unspecified atom stereocenters. The van der Waals surface area contributed by atoms with E-state index in [9.17, 15) is 4.79 Å². The Morgan fingerprint density at radius 1 is 0.821 bits per heavy atom. The Morgan fingerprint density at radius 3 is 2.25 bits per heavy atom. The third-order valence-corrected chi connectivity index (χ3v) is 4.98. The molecule has 28 heavy (non-hydrogen) atoms. The Morgan fingerprint density at radius 2 is 1.57 bits per heavy atom. The van der Waals surface area contributed by atoms with Gasteiger partial charge in [0, 0.05) is 11.6 Å². The molecule has 4 aromatic rings. The first-order valence-electron chi connectivity index (χ1n) is 8.74. The Hall–Kier alpha value is -3.38. The molecule has 0 saturated heterocycles. The quantitative estimate of drug-likeness (QED) is 0.464. The Balaban J connectivity index is 1.37. The van der Waals surface area contributed by atoms with E-state index in [2.05, 4.69) is 39.8 Å². The molecule has 0 spiro atoms. The van der Waals surface area contributed by atoms with Crippen LogP contribution in [0.15, 0.2) is 94.6 Å². The summed E-state index contributed by atoms with van der Waals surface area (Å²) in [6, 6.07) is 25.7. The summed E-state index contributed by atoms with van der Waals surface area (Å²) in [4.78, 5) is 11.9. The molecule has 5 nitrogen and oxygen atoms in total. The standard InChI is InChI=1S/C22H17N3O2S/c26-20(23-21-7-4-14-27-21)15-28-22-13-12-19(24-25-22)18-10-8-17(9-11-18)16-5-2-1-3-6-16/h1-14H,15H2,(H,23,26). The zero-order chi connectivity index (χ0) is 19.2. The maximum Gasteiger partial charge on any atom is 0.237 e. The van der Waals surface area contributed by atoms with Gasteiger partial charge in [-0.15, -0.1) is 10.2 Å². The van der Waals surface area contributed by atoms with Crippen molar-refractivity contribution in [3.63, 3.8) is 0 Å². The van der Waals surface area contributed by atoms with Crippen LogP contribution in [0.4, 0.5) is 5.88 Å². The van der Waals surface area contributed by atoms with E-state index < -0.39 is 0 Å². The predicted octanol–water partition coefficient (Wildman–Crippen LogP) is 5.13. The van der Waals surface area contributed by atoms with Gasteiger partial charge >= 0.3 is 0 Å². The summed E-state index contributed by atoms with van der Waals surface area (Å²) in [5.41, 5.74) is 4.13. The molecule has 0 aliphatic rings. The number of carbonyl (C=O) groups is 1. The molecular weight excluding hydrogens is 370 g/mol. The number of rotatable bonds is 6. The van der Waals surface area contributed by atoms with Crippen LogP contribution in [0.25, 0.3) is 22.4 Å². The van der Waals surface area contributed by atoms with Gasteiger partial charge in [0.15, 0.2) is 5.88 Å². The summed E-state index contributed by atoms with van der Waals surface area (Å²) >= 11 is 1.33. The summed E-state index contributed by atoms with van der Waals surface area (Å²) in [6.07, 6.45) is 1.51. The van der Waals surface area contributed by atoms with Gasteiger partial charge in [-0.2, -0.15) is 0 Å². The van der Waals surface area contributed by atoms with Gasteiger partial charge in [0.05, 0.1) is 17.7 Å². The molecule has 0 aliphatic heterocycles. The fraction of sp³-hybridized carbons (Fsp3) is 0.0455. The maximum absolute atomic E-state index is 11.9. The van der Waals surface area contributed by atoms with Crippen molar-refractivity contribution in [1.82, 2.24) is 10.2 Å². The number of anilines is 1. The van der Waals surface area contributed by atoms with Crippen molar-refractivity contribution >= 4 is 23.6 Å². The van der Waals surface area contributed by atoms with Gasteiger partial charge in [-0.1, -0.05) is 66.4 Å².